The third-order valence-corrected chi connectivity index (χ3v) is 1.56. The molecule has 0 heterocycles. The van der Waals surface area contributed by atoms with Gasteiger partial charge in [-0.1, -0.05) is 30.3 Å². The molecule has 1 aromatic rings. The quantitative estimate of drug-likeness (QED) is 0.685. The third kappa shape index (κ3) is 3.05. The second-order valence-corrected chi connectivity index (χ2v) is 2.53. The van der Waals surface area contributed by atoms with Gasteiger partial charge in [-0.15, -0.1) is 0 Å². The van der Waals surface area contributed by atoms with Gasteiger partial charge in [0.25, 0.3) is 0 Å². The summed E-state index contributed by atoms with van der Waals surface area (Å²) in [6.45, 7) is 0.597. The number of carbonyl (C=O) groups excluding carboxylic acids is 1. The number of benzene rings is 1. The van der Waals surface area contributed by atoms with Gasteiger partial charge in [-0.3, -0.25) is 0 Å². The average Bonchev–Trinajstić information content (AvgIpc) is 2.05. The van der Waals surface area contributed by atoms with Gasteiger partial charge in [0.05, 0.1) is 0 Å². The van der Waals surface area contributed by atoms with Gasteiger partial charge < -0.3 is 11.1 Å². The molecule has 0 aliphatic heterocycles. The van der Waals surface area contributed by atoms with Crippen molar-refractivity contribution in [1.82, 2.24) is 5.32 Å². The Kier molecular flexibility index (Phi) is 3.14. The molecule has 0 atom stereocenters. The molecule has 0 fully saturated rings. The van der Waals surface area contributed by atoms with Gasteiger partial charge in [0.15, 0.2) is 0 Å². The van der Waals surface area contributed by atoms with Crippen LogP contribution in [0.3, 0.4) is 0 Å². The van der Waals surface area contributed by atoms with Crippen LogP contribution in [0, 0.1) is 0 Å². The second-order valence-electron chi connectivity index (χ2n) is 2.53. The monoisotopic (exact) mass is 164 g/mol. The van der Waals surface area contributed by atoms with E-state index in [0.29, 0.717) is 6.54 Å². The lowest BCUT2D eigenvalue weighted by atomic mass is 10.1. The van der Waals surface area contributed by atoms with Crippen molar-refractivity contribution in [2.75, 3.05) is 6.54 Å². The van der Waals surface area contributed by atoms with Crippen molar-refractivity contribution in [3.8, 4) is 0 Å². The minimum atomic E-state index is -0.467. The van der Waals surface area contributed by atoms with Crippen molar-refractivity contribution in [2.24, 2.45) is 5.73 Å². The molecule has 0 aliphatic carbocycles. The van der Waals surface area contributed by atoms with Gasteiger partial charge in [-0.25, -0.2) is 4.79 Å². The number of hydrogen-bond acceptors (Lipinski definition) is 1. The topological polar surface area (TPSA) is 55.1 Å². The number of nitrogens with one attached hydrogen (secondary N) is 1. The van der Waals surface area contributed by atoms with E-state index in [2.05, 4.69) is 5.32 Å². The molecule has 2 amide bonds. The molecule has 0 saturated heterocycles. The molecule has 1 rings (SSSR count). The van der Waals surface area contributed by atoms with Gasteiger partial charge in [0, 0.05) is 6.54 Å². The standard InChI is InChI=1S/C9H12N2O/c10-9(12)11-7-6-8-4-2-1-3-5-8/h1-5H,6-7H2,(H3,10,11,12). The van der Waals surface area contributed by atoms with E-state index >= 15 is 0 Å². The molecule has 0 aliphatic rings. The fourth-order valence-corrected chi connectivity index (χ4v) is 0.975. The summed E-state index contributed by atoms with van der Waals surface area (Å²) < 4.78 is 0. The van der Waals surface area contributed by atoms with Gasteiger partial charge >= 0.3 is 6.03 Å². The molecule has 0 unspecified atom stereocenters. The van der Waals surface area contributed by atoms with E-state index in [0.717, 1.165) is 6.42 Å². The van der Waals surface area contributed by atoms with Crippen LogP contribution in [-0.4, -0.2) is 12.6 Å². The normalized spacial score (nSPS) is 9.33. The molecule has 3 nitrogen and oxygen atoms in total. The fourth-order valence-electron chi connectivity index (χ4n) is 0.975. The van der Waals surface area contributed by atoms with Crippen LogP contribution in [0.1, 0.15) is 5.56 Å². The predicted molar refractivity (Wildman–Crippen MR) is 47.7 cm³/mol. The molecule has 0 spiro atoms. The summed E-state index contributed by atoms with van der Waals surface area (Å²) in [7, 11) is 0. The summed E-state index contributed by atoms with van der Waals surface area (Å²) in [5.41, 5.74) is 6.11. The molecule has 3 heteroatoms. The number of hydrogen-bond donors (Lipinski definition) is 2. The van der Waals surface area contributed by atoms with Gasteiger partial charge in [0.2, 0.25) is 0 Å². The molecular weight excluding hydrogens is 152 g/mol. The number of primary amides is 1. The lowest BCUT2D eigenvalue weighted by molar-refractivity contribution is 0.249. The molecule has 3 N–H and O–H groups in total. The number of amides is 2. The zero-order valence-electron chi connectivity index (χ0n) is 6.79. The Hall–Kier alpha value is -1.51. The molecular formula is C9H12N2O. The Morgan fingerprint density at radius 1 is 1.33 bits per heavy atom. The molecule has 64 valence electrons. The number of nitrogens with two attached hydrogens (primary N) is 1. The summed E-state index contributed by atoms with van der Waals surface area (Å²) in [4.78, 5) is 10.3. The maximum absolute atomic E-state index is 10.3. The van der Waals surface area contributed by atoms with Crippen molar-refractivity contribution in [3.05, 3.63) is 35.9 Å². The maximum atomic E-state index is 10.3. The predicted octanol–water partition coefficient (Wildman–Crippen LogP) is 0.897. The van der Waals surface area contributed by atoms with Crippen LogP contribution in [-0.2, 0) is 6.42 Å². The van der Waals surface area contributed by atoms with E-state index in [9.17, 15) is 4.79 Å². The van der Waals surface area contributed by atoms with Crippen molar-refractivity contribution in [1.29, 1.82) is 0 Å². The first-order chi connectivity index (χ1) is 5.79. The fraction of sp³-hybridized carbons (Fsp3) is 0.222. The average molecular weight is 164 g/mol. The Balaban J connectivity index is 2.29. The highest BCUT2D eigenvalue weighted by Gasteiger charge is 1.92. The third-order valence-electron chi connectivity index (χ3n) is 1.56. The first kappa shape index (κ1) is 8.59. The zero-order chi connectivity index (χ0) is 8.81. The number of urea groups is 1. The summed E-state index contributed by atoms with van der Waals surface area (Å²) in [6, 6.07) is 9.47. The molecule has 0 aromatic heterocycles. The van der Waals surface area contributed by atoms with Crippen LogP contribution in [0.2, 0.25) is 0 Å². The van der Waals surface area contributed by atoms with Crippen LogP contribution in [0.5, 0.6) is 0 Å². The van der Waals surface area contributed by atoms with E-state index in [1.54, 1.807) is 0 Å². The van der Waals surface area contributed by atoms with Crippen LogP contribution >= 0.6 is 0 Å². The van der Waals surface area contributed by atoms with E-state index in [-0.39, 0.29) is 0 Å². The maximum Gasteiger partial charge on any atom is 0.312 e. The molecule has 0 radical (unpaired) electrons. The minimum Gasteiger partial charge on any atom is -0.352 e. The smallest absolute Gasteiger partial charge is 0.312 e. The number of carbonyl (C=O) groups is 1. The van der Waals surface area contributed by atoms with Crippen LogP contribution in [0.15, 0.2) is 30.3 Å². The van der Waals surface area contributed by atoms with Gasteiger partial charge in [0.1, 0.15) is 0 Å². The zero-order valence-corrected chi connectivity index (χ0v) is 6.79. The second kappa shape index (κ2) is 4.38. The van der Waals surface area contributed by atoms with Crippen molar-refractivity contribution in [3.63, 3.8) is 0 Å². The first-order valence-corrected chi connectivity index (χ1v) is 3.86. The Labute approximate surface area is 71.6 Å². The first-order valence-electron chi connectivity index (χ1n) is 3.86. The van der Waals surface area contributed by atoms with E-state index in [4.69, 9.17) is 5.73 Å². The molecule has 1 aromatic carbocycles. The summed E-state index contributed by atoms with van der Waals surface area (Å²) in [5.74, 6) is 0. The van der Waals surface area contributed by atoms with Gasteiger partial charge in [-0.05, 0) is 12.0 Å². The Morgan fingerprint density at radius 3 is 2.58 bits per heavy atom. The van der Waals surface area contributed by atoms with E-state index in [1.807, 2.05) is 30.3 Å². The van der Waals surface area contributed by atoms with Crippen molar-refractivity contribution in [2.45, 2.75) is 6.42 Å². The highest BCUT2D eigenvalue weighted by atomic mass is 16.2. The SMILES string of the molecule is NC(=O)NCCc1ccccc1. The highest BCUT2D eigenvalue weighted by Crippen LogP contribution is 1.97. The molecule has 12 heavy (non-hydrogen) atoms. The Morgan fingerprint density at radius 2 is 2.00 bits per heavy atom. The van der Waals surface area contributed by atoms with Gasteiger partial charge in [-0.2, -0.15) is 0 Å². The largest absolute Gasteiger partial charge is 0.352 e. The lowest BCUT2D eigenvalue weighted by Crippen LogP contribution is -2.30. The van der Waals surface area contributed by atoms with E-state index < -0.39 is 6.03 Å². The molecule has 0 bridgehead atoms. The van der Waals surface area contributed by atoms with Crippen molar-refractivity contribution >= 4 is 6.03 Å². The lowest BCUT2D eigenvalue weighted by Gasteiger charge is -2.00. The van der Waals surface area contributed by atoms with Crippen LogP contribution < -0.4 is 11.1 Å². The number of rotatable bonds is 3. The van der Waals surface area contributed by atoms with E-state index in [1.165, 1.54) is 5.56 Å². The summed E-state index contributed by atoms with van der Waals surface area (Å²) >= 11 is 0. The summed E-state index contributed by atoms with van der Waals surface area (Å²) in [5, 5.41) is 2.53. The summed E-state index contributed by atoms with van der Waals surface area (Å²) in [6.07, 6.45) is 0.823. The van der Waals surface area contributed by atoms with Crippen LogP contribution in [0.25, 0.3) is 0 Å². The van der Waals surface area contributed by atoms with Crippen molar-refractivity contribution < 1.29 is 4.79 Å². The van der Waals surface area contributed by atoms with Crippen LogP contribution in [0.4, 0.5) is 4.79 Å². The highest BCUT2D eigenvalue weighted by molar-refractivity contribution is 5.71. The minimum absolute atomic E-state index is 0.467. The Bertz CT molecular complexity index is 246. The molecule has 0 saturated carbocycles.